The maximum Gasteiger partial charge on any atom is 0.234 e. The molecule has 0 bridgehead atoms. The van der Waals surface area contributed by atoms with E-state index in [0.717, 1.165) is 43.7 Å². The van der Waals surface area contributed by atoms with Crippen LogP contribution in [0.4, 0.5) is 0 Å². The fourth-order valence-corrected chi connectivity index (χ4v) is 2.65. The first-order valence-electron chi connectivity index (χ1n) is 7.98. The molecule has 0 radical (unpaired) electrons. The first-order chi connectivity index (χ1) is 10.7. The molecule has 2 unspecified atom stereocenters. The van der Waals surface area contributed by atoms with Gasteiger partial charge in [0.15, 0.2) is 0 Å². The lowest BCUT2D eigenvalue weighted by Crippen LogP contribution is -2.38. The van der Waals surface area contributed by atoms with Crippen molar-refractivity contribution in [3.05, 3.63) is 29.8 Å². The average Bonchev–Trinajstić information content (AvgIpc) is 3.06. The zero-order valence-electron chi connectivity index (χ0n) is 13.4. The van der Waals surface area contributed by atoms with Gasteiger partial charge in [0.05, 0.1) is 25.8 Å². The summed E-state index contributed by atoms with van der Waals surface area (Å²) >= 11 is 0. The summed E-state index contributed by atoms with van der Waals surface area (Å²) in [7, 11) is 1.65. The quantitative estimate of drug-likeness (QED) is 0.771. The molecule has 22 heavy (non-hydrogen) atoms. The number of benzene rings is 1. The Labute approximate surface area is 132 Å². The van der Waals surface area contributed by atoms with Crippen LogP contribution in [0.2, 0.25) is 0 Å². The van der Waals surface area contributed by atoms with E-state index >= 15 is 0 Å². The highest BCUT2D eigenvalue weighted by molar-refractivity contribution is 5.78. The fraction of sp³-hybridized carbons (Fsp3) is 0.588. The van der Waals surface area contributed by atoms with Crippen molar-refractivity contribution < 1.29 is 14.3 Å². The van der Waals surface area contributed by atoms with Crippen LogP contribution in [0.25, 0.3) is 0 Å². The maximum atomic E-state index is 12.0. The van der Waals surface area contributed by atoms with E-state index < -0.39 is 0 Å². The van der Waals surface area contributed by atoms with Gasteiger partial charge < -0.3 is 20.1 Å². The molecular formula is C17H26N2O3. The smallest absolute Gasteiger partial charge is 0.234 e. The Morgan fingerprint density at radius 1 is 1.41 bits per heavy atom. The van der Waals surface area contributed by atoms with Crippen molar-refractivity contribution >= 4 is 5.91 Å². The van der Waals surface area contributed by atoms with Crippen LogP contribution in [0, 0.1) is 0 Å². The summed E-state index contributed by atoms with van der Waals surface area (Å²) in [6.07, 6.45) is 3.31. The summed E-state index contributed by atoms with van der Waals surface area (Å²) in [6, 6.07) is 7.85. The summed E-state index contributed by atoms with van der Waals surface area (Å²) in [4.78, 5) is 12.0. The molecule has 2 atom stereocenters. The van der Waals surface area contributed by atoms with Crippen molar-refractivity contribution in [2.45, 2.75) is 38.3 Å². The van der Waals surface area contributed by atoms with Crippen molar-refractivity contribution in [3.8, 4) is 5.75 Å². The van der Waals surface area contributed by atoms with E-state index in [2.05, 4.69) is 17.6 Å². The maximum absolute atomic E-state index is 12.0. The third-order valence-corrected chi connectivity index (χ3v) is 3.94. The highest BCUT2D eigenvalue weighted by atomic mass is 16.5. The highest BCUT2D eigenvalue weighted by Crippen LogP contribution is 2.19. The minimum Gasteiger partial charge on any atom is -0.497 e. The van der Waals surface area contributed by atoms with Gasteiger partial charge in [0.1, 0.15) is 5.75 Å². The lowest BCUT2D eigenvalue weighted by atomic mass is 10.0. The van der Waals surface area contributed by atoms with Crippen molar-refractivity contribution in [2.24, 2.45) is 0 Å². The van der Waals surface area contributed by atoms with Gasteiger partial charge in [-0.1, -0.05) is 19.1 Å². The Kier molecular flexibility index (Phi) is 6.68. The van der Waals surface area contributed by atoms with E-state index in [1.54, 1.807) is 7.11 Å². The monoisotopic (exact) mass is 306 g/mol. The normalized spacial score (nSPS) is 18.9. The van der Waals surface area contributed by atoms with Gasteiger partial charge in [-0.25, -0.2) is 0 Å². The Hall–Kier alpha value is -1.59. The summed E-state index contributed by atoms with van der Waals surface area (Å²) in [6.45, 7) is 3.97. The second-order valence-electron chi connectivity index (χ2n) is 5.57. The highest BCUT2D eigenvalue weighted by Gasteiger charge is 2.16. The number of hydrogen-bond donors (Lipinski definition) is 2. The van der Waals surface area contributed by atoms with E-state index in [-0.39, 0.29) is 18.1 Å². The molecule has 0 aliphatic carbocycles. The number of nitrogens with one attached hydrogen (secondary N) is 2. The largest absolute Gasteiger partial charge is 0.497 e. The third kappa shape index (κ3) is 5.00. The number of carbonyl (C=O) groups is 1. The first-order valence-corrected chi connectivity index (χ1v) is 7.98. The van der Waals surface area contributed by atoms with E-state index in [1.165, 1.54) is 0 Å². The van der Waals surface area contributed by atoms with Crippen LogP contribution < -0.4 is 15.4 Å². The summed E-state index contributed by atoms with van der Waals surface area (Å²) in [5.74, 6) is 0.837. The van der Waals surface area contributed by atoms with Gasteiger partial charge in [0.25, 0.3) is 0 Å². The van der Waals surface area contributed by atoms with Crippen molar-refractivity contribution in [2.75, 3.05) is 26.8 Å². The van der Waals surface area contributed by atoms with E-state index in [1.807, 2.05) is 24.3 Å². The van der Waals surface area contributed by atoms with Crippen LogP contribution in [-0.2, 0) is 9.53 Å². The minimum absolute atomic E-state index is 0.0145. The predicted octanol–water partition coefficient (Wildman–Crippen LogP) is 2.03. The predicted molar refractivity (Wildman–Crippen MR) is 86.0 cm³/mol. The second-order valence-corrected chi connectivity index (χ2v) is 5.57. The molecule has 0 aromatic heterocycles. The molecule has 5 nitrogen and oxygen atoms in total. The number of methoxy groups -OCH3 is 1. The number of hydrogen-bond acceptors (Lipinski definition) is 4. The van der Waals surface area contributed by atoms with Crippen LogP contribution in [0.15, 0.2) is 24.3 Å². The molecule has 0 saturated carbocycles. The molecule has 1 aromatic carbocycles. The van der Waals surface area contributed by atoms with Crippen LogP contribution in [0.1, 0.15) is 37.8 Å². The standard InChI is InChI=1S/C17H26N2O3/c1-3-16(13-6-8-14(21-2)9-7-13)19-17(20)12-18-11-15-5-4-10-22-15/h6-9,15-16,18H,3-5,10-12H2,1-2H3,(H,19,20). The molecule has 1 aromatic rings. The average molecular weight is 306 g/mol. The minimum atomic E-state index is 0.0145. The van der Waals surface area contributed by atoms with Gasteiger partial charge in [-0.2, -0.15) is 0 Å². The lowest BCUT2D eigenvalue weighted by Gasteiger charge is -2.18. The van der Waals surface area contributed by atoms with Gasteiger partial charge in [-0.15, -0.1) is 0 Å². The van der Waals surface area contributed by atoms with Crippen LogP contribution >= 0.6 is 0 Å². The summed E-state index contributed by atoms with van der Waals surface area (Å²) in [5.41, 5.74) is 1.09. The number of rotatable bonds is 8. The van der Waals surface area contributed by atoms with Crippen molar-refractivity contribution in [1.82, 2.24) is 10.6 Å². The van der Waals surface area contributed by atoms with Gasteiger partial charge in [-0.3, -0.25) is 4.79 Å². The Bertz CT molecular complexity index is 455. The molecule has 1 heterocycles. The van der Waals surface area contributed by atoms with Gasteiger partial charge in [0, 0.05) is 13.2 Å². The Balaban J connectivity index is 1.76. The number of ether oxygens (including phenoxy) is 2. The molecule has 5 heteroatoms. The molecule has 0 spiro atoms. The molecule has 2 rings (SSSR count). The van der Waals surface area contributed by atoms with Gasteiger partial charge in [-0.05, 0) is 37.0 Å². The fourth-order valence-electron chi connectivity index (χ4n) is 2.65. The molecular weight excluding hydrogens is 280 g/mol. The molecule has 2 N–H and O–H groups in total. The molecule has 1 aliphatic heterocycles. The molecule has 1 fully saturated rings. The lowest BCUT2D eigenvalue weighted by molar-refractivity contribution is -0.121. The van der Waals surface area contributed by atoms with Crippen LogP contribution in [0.3, 0.4) is 0 Å². The summed E-state index contributed by atoms with van der Waals surface area (Å²) < 4.78 is 10.7. The number of carbonyl (C=O) groups excluding carboxylic acids is 1. The molecule has 1 saturated heterocycles. The van der Waals surface area contributed by atoms with Crippen LogP contribution in [0.5, 0.6) is 5.75 Å². The SMILES string of the molecule is CCC(NC(=O)CNCC1CCCO1)c1ccc(OC)cc1. The van der Waals surface area contributed by atoms with Gasteiger partial charge >= 0.3 is 0 Å². The second kappa shape index (κ2) is 8.76. The van der Waals surface area contributed by atoms with E-state index in [0.29, 0.717) is 6.54 Å². The van der Waals surface area contributed by atoms with Crippen LogP contribution in [-0.4, -0.2) is 38.8 Å². The third-order valence-electron chi connectivity index (χ3n) is 3.94. The van der Waals surface area contributed by atoms with Gasteiger partial charge in [0.2, 0.25) is 5.91 Å². The molecule has 122 valence electrons. The molecule has 1 aliphatic rings. The number of amides is 1. The Morgan fingerprint density at radius 3 is 2.77 bits per heavy atom. The zero-order valence-corrected chi connectivity index (χ0v) is 13.4. The topological polar surface area (TPSA) is 59.6 Å². The van der Waals surface area contributed by atoms with E-state index in [9.17, 15) is 4.79 Å². The van der Waals surface area contributed by atoms with Crippen molar-refractivity contribution in [1.29, 1.82) is 0 Å². The first kappa shape index (κ1) is 16.8. The Morgan fingerprint density at radius 2 is 2.18 bits per heavy atom. The summed E-state index contributed by atoms with van der Waals surface area (Å²) in [5, 5.41) is 6.23. The zero-order chi connectivity index (χ0) is 15.8. The van der Waals surface area contributed by atoms with Crippen molar-refractivity contribution in [3.63, 3.8) is 0 Å². The van der Waals surface area contributed by atoms with E-state index in [4.69, 9.17) is 9.47 Å². The molecule has 1 amide bonds.